The topological polar surface area (TPSA) is 78.7 Å². The van der Waals surface area contributed by atoms with Gasteiger partial charge in [0, 0.05) is 6.08 Å². The summed E-state index contributed by atoms with van der Waals surface area (Å²) in [7, 11) is 0. The monoisotopic (exact) mass is 213 g/mol. The number of nitrogens with zero attached hydrogens (tertiary/aromatic N) is 1. The van der Waals surface area contributed by atoms with E-state index in [1.807, 2.05) is 0 Å². The van der Waals surface area contributed by atoms with Crippen LogP contribution in [0.5, 0.6) is 0 Å². The second-order valence-electron chi connectivity index (χ2n) is 2.33. The van der Waals surface area contributed by atoms with Gasteiger partial charge < -0.3 is 9.47 Å². The highest BCUT2D eigenvalue weighted by atomic mass is 16.7. The fraction of sp³-hybridized carbons (Fsp3) is 0.222. The summed E-state index contributed by atoms with van der Waals surface area (Å²) in [6.07, 6.45) is 1.32. The Labute approximate surface area is 86.6 Å². The lowest BCUT2D eigenvalue weighted by Crippen LogP contribution is -2.05. The summed E-state index contributed by atoms with van der Waals surface area (Å²) >= 11 is 0. The Morgan fingerprint density at radius 1 is 1.47 bits per heavy atom. The SMILES string of the molecule is C=C(/C=C\C(=C)[N+](=O)[O-])OC(=O)OCC. The summed E-state index contributed by atoms with van der Waals surface area (Å²) in [5.41, 5.74) is -0.330. The predicted octanol–water partition coefficient (Wildman–Crippen LogP) is 2.02. The molecule has 0 fully saturated rings. The largest absolute Gasteiger partial charge is 0.513 e. The third-order valence-corrected chi connectivity index (χ3v) is 1.17. The number of allylic oxidation sites excluding steroid dienone is 2. The normalized spacial score (nSPS) is 9.67. The molecule has 0 rings (SSSR count). The van der Waals surface area contributed by atoms with E-state index in [4.69, 9.17) is 0 Å². The molecule has 0 bridgehead atoms. The molecule has 0 heterocycles. The van der Waals surface area contributed by atoms with Crippen LogP contribution in [0.1, 0.15) is 6.92 Å². The van der Waals surface area contributed by atoms with Crippen LogP contribution in [0, 0.1) is 10.1 Å². The van der Waals surface area contributed by atoms with Crippen LogP contribution < -0.4 is 0 Å². The first-order chi connectivity index (χ1) is 6.97. The Morgan fingerprint density at radius 2 is 2.07 bits per heavy atom. The maximum Gasteiger partial charge on any atom is 0.513 e. The van der Waals surface area contributed by atoms with Gasteiger partial charge in [0.1, 0.15) is 5.76 Å². The van der Waals surface area contributed by atoms with Gasteiger partial charge in [-0.15, -0.1) is 0 Å². The molecule has 6 heteroatoms. The van der Waals surface area contributed by atoms with Crippen molar-refractivity contribution in [3.05, 3.63) is 46.9 Å². The summed E-state index contributed by atoms with van der Waals surface area (Å²) in [5.74, 6) is -0.0588. The third kappa shape index (κ3) is 6.03. The fourth-order valence-corrected chi connectivity index (χ4v) is 0.538. The number of hydrogen-bond acceptors (Lipinski definition) is 5. The summed E-state index contributed by atoms with van der Waals surface area (Å²) in [4.78, 5) is 20.2. The van der Waals surface area contributed by atoms with E-state index in [0.29, 0.717) is 0 Å². The van der Waals surface area contributed by atoms with Crippen molar-refractivity contribution in [3.63, 3.8) is 0 Å². The lowest BCUT2D eigenvalue weighted by Gasteiger charge is -2.01. The Kier molecular flexibility index (Phi) is 5.47. The minimum Gasteiger partial charge on any atom is -0.434 e. The fourth-order valence-electron chi connectivity index (χ4n) is 0.538. The van der Waals surface area contributed by atoms with Gasteiger partial charge >= 0.3 is 6.16 Å². The highest BCUT2D eigenvalue weighted by Crippen LogP contribution is 2.02. The van der Waals surface area contributed by atoms with Crippen LogP contribution in [0.15, 0.2) is 36.8 Å². The van der Waals surface area contributed by atoms with E-state index in [0.717, 1.165) is 12.2 Å². The van der Waals surface area contributed by atoms with Crippen molar-refractivity contribution in [1.29, 1.82) is 0 Å². The smallest absolute Gasteiger partial charge is 0.434 e. The molecule has 0 aromatic rings. The van der Waals surface area contributed by atoms with E-state index in [2.05, 4.69) is 22.6 Å². The minimum atomic E-state index is -0.904. The molecule has 0 aliphatic rings. The van der Waals surface area contributed by atoms with E-state index in [-0.39, 0.29) is 18.1 Å². The van der Waals surface area contributed by atoms with Crippen LogP contribution in [0.4, 0.5) is 4.79 Å². The highest BCUT2D eigenvalue weighted by molar-refractivity contribution is 5.61. The first-order valence-electron chi connectivity index (χ1n) is 4.02. The number of carbonyl (C=O) groups is 1. The lowest BCUT2D eigenvalue weighted by atomic mass is 10.4. The van der Waals surface area contributed by atoms with Crippen LogP contribution in [-0.2, 0) is 9.47 Å². The van der Waals surface area contributed by atoms with Gasteiger partial charge in [-0.05, 0) is 19.6 Å². The van der Waals surface area contributed by atoms with Gasteiger partial charge in [-0.3, -0.25) is 10.1 Å². The molecule has 0 saturated carbocycles. The van der Waals surface area contributed by atoms with E-state index >= 15 is 0 Å². The van der Waals surface area contributed by atoms with Crippen LogP contribution >= 0.6 is 0 Å². The van der Waals surface area contributed by atoms with Crippen molar-refractivity contribution < 1.29 is 19.2 Å². The highest BCUT2D eigenvalue weighted by Gasteiger charge is 2.04. The molecule has 6 nitrogen and oxygen atoms in total. The van der Waals surface area contributed by atoms with Crippen LogP contribution in [0.25, 0.3) is 0 Å². The van der Waals surface area contributed by atoms with Crippen molar-refractivity contribution in [3.8, 4) is 0 Å². The van der Waals surface area contributed by atoms with Gasteiger partial charge in [0.25, 0.3) is 5.70 Å². The lowest BCUT2D eigenvalue weighted by molar-refractivity contribution is -0.418. The molecule has 15 heavy (non-hydrogen) atoms. The Morgan fingerprint density at radius 3 is 2.53 bits per heavy atom. The predicted molar refractivity (Wildman–Crippen MR) is 52.5 cm³/mol. The zero-order valence-corrected chi connectivity index (χ0v) is 8.26. The summed E-state index contributed by atoms with van der Waals surface area (Å²) in [6.45, 7) is 8.28. The zero-order valence-electron chi connectivity index (χ0n) is 8.26. The van der Waals surface area contributed by atoms with E-state index in [9.17, 15) is 14.9 Å². The van der Waals surface area contributed by atoms with Gasteiger partial charge in [-0.2, -0.15) is 0 Å². The Balaban J connectivity index is 4.09. The van der Waals surface area contributed by atoms with Crippen molar-refractivity contribution in [2.45, 2.75) is 6.92 Å². The van der Waals surface area contributed by atoms with Gasteiger partial charge in [0.15, 0.2) is 0 Å². The van der Waals surface area contributed by atoms with E-state index in [1.165, 1.54) is 0 Å². The molecule has 0 aromatic carbocycles. The third-order valence-electron chi connectivity index (χ3n) is 1.17. The first-order valence-corrected chi connectivity index (χ1v) is 4.02. The quantitative estimate of drug-likeness (QED) is 0.229. The molecule has 0 spiro atoms. The molecule has 0 unspecified atom stereocenters. The molecule has 82 valence electrons. The van der Waals surface area contributed by atoms with E-state index in [1.54, 1.807) is 6.92 Å². The van der Waals surface area contributed by atoms with Crippen LogP contribution in [-0.4, -0.2) is 17.7 Å². The van der Waals surface area contributed by atoms with Gasteiger partial charge in [0.05, 0.1) is 11.5 Å². The molecule has 0 atom stereocenters. The molecule has 0 radical (unpaired) electrons. The van der Waals surface area contributed by atoms with Crippen molar-refractivity contribution >= 4 is 6.16 Å². The summed E-state index contributed by atoms with van der Waals surface area (Å²) in [6, 6.07) is 0. The Bertz CT molecular complexity index is 318. The van der Waals surface area contributed by atoms with E-state index < -0.39 is 11.1 Å². The average Bonchev–Trinajstić information content (AvgIpc) is 2.14. The second kappa shape index (κ2) is 6.36. The number of rotatable bonds is 5. The minimum absolute atomic E-state index is 0.0588. The van der Waals surface area contributed by atoms with Gasteiger partial charge in [-0.25, -0.2) is 4.79 Å². The maximum atomic E-state index is 10.7. The standard InChI is InChI=1S/C9H11NO5/c1-4-14-9(11)15-8(3)6-5-7(2)10(12)13/h5-6H,2-4H2,1H3/b6-5-. The maximum absolute atomic E-state index is 10.7. The molecular formula is C9H11NO5. The van der Waals surface area contributed by atoms with Gasteiger partial charge in [-0.1, -0.05) is 6.58 Å². The van der Waals surface area contributed by atoms with Crippen molar-refractivity contribution in [1.82, 2.24) is 0 Å². The molecule has 0 saturated heterocycles. The molecule has 0 N–H and O–H groups in total. The van der Waals surface area contributed by atoms with Crippen molar-refractivity contribution in [2.24, 2.45) is 0 Å². The van der Waals surface area contributed by atoms with Gasteiger partial charge in [0.2, 0.25) is 0 Å². The Hall–Kier alpha value is -2.11. The number of hydrogen-bond donors (Lipinski definition) is 0. The molecule has 0 aromatic heterocycles. The molecular weight excluding hydrogens is 202 g/mol. The number of nitro groups is 1. The molecule has 0 amide bonds. The number of ether oxygens (including phenoxy) is 2. The first kappa shape index (κ1) is 12.9. The average molecular weight is 213 g/mol. The van der Waals surface area contributed by atoms with Crippen LogP contribution in [0.2, 0.25) is 0 Å². The zero-order chi connectivity index (χ0) is 11.8. The summed E-state index contributed by atoms with van der Waals surface area (Å²) in [5, 5.41) is 10.1. The van der Waals surface area contributed by atoms with Crippen molar-refractivity contribution in [2.75, 3.05) is 6.61 Å². The molecule has 0 aliphatic heterocycles. The summed E-state index contributed by atoms with van der Waals surface area (Å²) < 4.78 is 8.97. The number of carbonyl (C=O) groups excluding carboxylic acids is 1. The molecule has 0 aliphatic carbocycles. The van der Waals surface area contributed by atoms with Crippen LogP contribution in [0.3, 0.4) is 0 Å². The second-order valence-corrected chi connectivity index (χ2v) is 2.33.